The molecule has 70 valence electrons. The topological polar surface area (TPSA) is 0 Å². The fraction of sp³-hybridized carbons (Fsp3) is 0.538. The normalized spacial score (nSPS) is 12.8. The average Bonchev–Trinajstić information content (AvgIpc) is 2.19. The molecule has 0 aliphatic heterocycles. The van der Waals surface area contributed by atoms with E-state index < -0.39 is 0 Å². The van der Waals surface area contributed by atoms with E-state index in [1.165, 1.54) is 31.2 Å². The quantitative estimate of drug-likeness (QED) is 0.592. The lowest BCUT2D eigenvalue weighted by Gasteiger charge is -2.10. The predicted octanol–water partition coefficient (Wildman–Crippen LogP) is 3.97. The Kier molecular flexibility index (Phi) is 4.59. The van der Waals surface area contributed by atoms with Gasteiger partial charge in [0.1, 0.15) is 0 Å². The fourth-order valence-corrected chi connectivity index (χ4v) is 1.51. The highest BCUT2D eigenvalue weighted by Gasteiger charge is 2.03. The van der Waals surface area contributed by atoms with Crippen molar-refractivity contribution in [2.24, 2.45) is 0 Å². The van der Waals surface area contributed by atoms with Gasteiger partial charge in [-0.1, -0.05) is 51.3 Å². The third-order valence-corrected chi connectivity index (χ3v) is 2.44. The molecule has 0 heteroatoms. The van der Waals surface area contributed by atoms with Crippen LogP contribution in [0.4, 0.5) is 0 Å². The fourth-order valence-electron chi connectivity index (χ4n) is 1.51. The maximum absolute atomic E-state index is 3.26. The monoisotopic (exact) mass is 174 g/mol. The maximum atomic E-state index is 3.26. The average molecular weight is 174 g/mol. The highest BCUT2D eigenvalue weighted by Crippen LogP contribution is 2.20. The standard InChI is InChI=1S/C13H18/c1-3-4-6-9-12(2)13-10-7-5-8-11-13/h5,7,11-12H,3-4,6,9H2,1-2H3. The summed E-state index contributed by atoms with van der Waals surface area (Å²) in [4.78, 5) is 0. The molecule has 0 spiro atoms. The SMILES string of the molecule is CCCCCC(C)c1[c]cc[c]c1. The zero-order valence-electron chi connectivity index (χ0n) is 8.64. The van der Waals surface area contributed by atoms with E-state index in [0.29, 0.717) is 5.92 Å². The third kappa shape index (κ3) is 3.63. The van der Waals surface area contributed by atoms with Crippen molar-refractivity contribution < 1.29 is 0 Å². The molecule has 1 rings (SSSR count). The van der Waals surface area contributed by atoms with Crippen molar-refractivity contribution in [3.63, 3.8) is 0 Å². The van der Waals surface area contributed by atoms with Crippen molar-refractivity contribution in [1.82, 2.24) is 0 Å². The molecule has 0 aromatic heterocycles. The lowest BCUT2D eigenvalue weighted by Crippen LogP contribution is -1.93. The van der Waals surface area contributed by atoms with Crippen molar-refractivity contribution >= 4 is 0 Å². The van der Waals surface area contributed by atoms with Crippen molar-refractivity contribution in [3.8, 4) is 0 Å². The highest BCUT2D eigenvalue weighted by atomic mass is 14.1. The van der Waals surface area contributed by atoms with Crippen molar-refractivity contribution in [2.45, 2.75) is 45.4 Å². The van der Waals surface area contributed by atoms with Crippen LogP contribution in [0.5, 0.6) is 0 Å². The molecule has 0 heterocycles. The minimum absolute atomic E-state index is 0.643. The largest absolute Gasteiger partial charge is 0.0654 e. The minimum atomic E-state index is 0.643. The first kappa shape index (κ1) is 10.3. The number of unbranched alkanes of at least 4 members (excludes halogenated alkanes) is 2. The van der Waals surface area contributed by atoms with Gasteiger partial charge in [-0.3, -0.25) is 0 Å². The van der Waals surface area contributed by atoms with Crippen molar-refractivity contribution in [1.29, 1.82) is 0 Å². The van der Waals surface area contributed by atoms with Crippen LogP contribution < -0.4 is 0 Å². The van der Waals surface area contributed by atoms with Gasteiger partial charge in [0, 0.05) is 0 Å². The second-order valence-electron chi connectivity index (χ2n) is 3.64. The molecule has 1 unspecified atom stereocenters. The summed E-state index contributed by atoms with van der Waals surface area (Å²) >= 11 is 0. The van der Waals surface area contributed by atoms with Crippen LogP contribution in [0, 0.1) is 12.1 Å². The third-order valence-electron chi connectivity index (χ3n) is 2.44. The number of hydrogen-bond donors (Lipinski definition) is 0. The van der Waals surface area contributed by atoms with E-state index in [1.54, 1.807) is 0 Å². The summed E-state index contributed by atoms with van der Waals surface area (Å²) in [6.07, 6.45) is 5.26. The molecule has 0 aliphatic carbocycles. The van der Waals surface area contributed by atoms with Crippen LogP contribution in [0.3, 0.4) is 0 Å². The molecule has 0 saturated heterocycles. The molecule has 2 radical (unpaired) electrons. The molecule has 0 fully saturated rings. The molecular weight excluding hydrogens is 156 g/mol. The van der Waals surface area contributed by atoms with Crippen molar-refractivity contribution in [3.05, 3.63) is 35.9 Å². The van der Waals surface area contributed by atoms with Crippen LogP contribution in [0.1, 0.15) is 51.0 Å². The van der Waals surface area contributed by atoms with Gasteiger partial charge in [-0.15, -0.1) is 0 Å². The maximum Gasteiger partial charge on any atom is -0.0146 e. The minimum Gasteiger partial charge on any atom is -0.0654 e. The lowest BCUT2D eigenvalue weighted by atomic mass is 9.95. The van der Waals surface area contributed by atoms with Crippen LogP contribution in [-0.4, -0.2) is 0 Å². The zero-order valence-corrected chi connectivity index (χ0v) is 8.64. The summed E-state index contributed by atoms with van der Waals surface area (Å²) in [5, 5.41) is 0. The van der Waals surface area contributed by atoms with Gasteiger partial charge in [-0.25, -0.2) is 0 Å². The van der Waals surface area contributed by atoms with Gasteiger partial charge in [-0.05, 0) is 30.0 Å². The molecule has 1 atom stereocenters. The van der Waals surface area contributed by atoms with Gasteiger partial charge in [0.2, 0.25) is 0 Å². The van der Waals surface area contributed by atoms with E-state index in [0.717, 1.165) is 0 Å². The molecule has 0 nitrogen and oxygen atoms in total. The molecule has 0 saturated carbocycles. The molecular formula is C13H18. The van der Waals surface area contributed by atoms with Crippen molar-refractivity contribution in [2.75, 3.05) is 0 Å². The molecule has 13 heavy (non-hydrogen) atoms. The smallest absolute Gasteiger partial charge is 0.0146 e. The van der Waals surface area contributed by atoms with Gasteiger partial charge < -0.3 is 0 Å². The molecule has 0 N–H and O–H groups in total. The van der Waals surface area contributed by atoms with E-state index in [4.69, 9.17) is 0 Å². The Hall–Kier alpha value is -0.780. The Balaban J connectivity index is 2.35. The predicted molar refractivity (Wildman–Crippen MR) is 56.7 cm³/mol. The van der Waals surface area contributed by atoms with Crippen LogP contribution in [0.2, 0.25) is 0 Å². The van der Waals surface area contributed by atoms with E-state index in [-0.39, 0.29) is 0 Å². The Morgan fingerprint density at radius 1 is 1.31 bits per heavy atom. The first-order chi connectivity index (χ1) is 6.34. The second-order valence-corrected chi connectivity index (χ2v) is 3.64. The van der Waals surface area contributed by atoms with Crippen LogP contribution >= 0.6 is 0 Å². The number of benzene rings is 1. The summed E-state index contributed by atoms with van der Waals surface area (Å²) in [7, 11) is 0. The van der Waals surface area contributed by atoms with E-state index in [1.807, 2.05) is 12.1 Å². The van der Waals surface area contributed by atoms with Crippen LogP contribution in [-0.2, 0) is 0 Å². The highest BCUT2D eigenvalue weighted by molar-refractivity contribution is 5.16. The summed E-state index contributed by atoms with van der Waals surface area (Å²) in [6, 6.07) is 12.3. The molecule has 0 bridgehead atoms. The Morgan fingerprint density at radius 2 is 2.15 bits per heavy atom. The van der Waals surface area contributed by atoms with Gasteiger partial charge >= 0.3 is 0 Å². The first-order valence-corrected chi connectivity index (χ1v) is 5.22. The first-order valence-electron chi connectivity index (χ1n) is 5.22. The van der Waals surface area contributed by atoms with Crippen LogP contribution in [0.25, 0.3) is 0 Å². The molecule has 0 amide bonds. The zero-order chi connectivity index (χ0) is 9.52. The van der Waals surface area contributed by atoms with Gasteiger partial charge in [0.25, 0.3) is 0 Å². The Bertz CT molecular complexity index is 213. The van der Waals surface area contributed by atoms with E-state index >= 15 is 0 Å². The summed E-state index contributed by atoms with van der Waals surface area (Å²) in [5.74, 6) is 0.643. The molecule has 0 aliphatic rings. The number of rotatable bonds is 5. The molecule has 1 aromatic rings. The summed E-state index contributed by atoms with van der Waals surface area (Å²) in [5.41, 5.74) is 1.30. The second kappa shape index (κ2) is 5.80. The summed E-state index contributed by atoms with van der Waals surface area (Å²) < 4.78 is 0. The number of hydrogen-bond acceptors (Lipinski definition) is 0. The van der Waals surface area contributed by atoms with Crippen LogP contribution in [0.15, 0.2) is 18.2 Å². The van der Waals surface area contributed by atoms with Gasteiger partial charge in [0.15, 0.2) is 0 Å². The Labute approximate surface area is 82.0 Å². The summed E-state index contributed by atoms with van der Waals surface area (Å²) in [6.45, 7) is 4.52. The lowest BCUT2D eigenvalue weighted by molar-refractivity contribution is 0.597. The van der Waals surface area contributed by atoms with E-state index in [2.05, 4.69) is 32.0 Å². The molecule has 1 aromatic carbocycles. The van der Waals surface area contributed by atoms with Gasteiger partial charge in [-0.2, -0.15) is 0 Å². The Morgan fingerprint density at radius 3 is 2.77 bits per heavy atom. The van der Waals surface area contributed by atoms with E-state index in [9.17, 15) is 0 Å². The van der Waals surface area contributed by atoms with Gasteiger partial charge in [0.05, 0.1) is 0 Å².